The average molecular weight is 415 g/mol. The van der Waals surface area contributed by atoms with Crippen LogP contribution in [-0.2, 0) is 4.52 Å². The Hall–Kier alpha value is -1.04. The number of hydrogen-bond donors (Lipinski definition) is 1. The molecule has 1 N–H and O–H groups in total. The number of alkyl halides is 1. The molecular formula is C18H21ClFN2O2PS. The standard InChI is InChI=1S/C18H21ClFN2O2PS/c19-17-9-16(26-15-3-1-2-14(8-15)23-12-20)4-5-18(17)22-7-6-21-13(10-22)11-24-25/h1-5,8-9,13,21H,6-7,10-12,25H2. The van der Waals surface area contributed by atoms with Gasteiger partial charge in [0.1, 0.15) is 5.75 Å². The second-order valence-electron chi connectivity index (χ2n) is 5.87. The van der Waals surface area contributed by atoms with Crippen molar-refractivity contribution in [2.45, 2.75) is 15.8 Å². The van der Waals surface area contributed by atoms with Crippen molar-refractivity contribution in [3.63, 3.8) is 0 Å². The minimum atomic E-state index is -0.831. The lowest BCUT2D eigenvalue weighted by molar-refractivity contribution is 0.191. The zero-order valence-corrected chi connectivity index (χ0v) is 16.9. The maximum atomic E-state index is 12.3. The third-order valence-corrected chi connectivity index (χ3v) is 5.55. The molecule has 0 bridgehead atoms. The van der Waals surface area contributed by atoms with Crippen LogP contribution in [0.4, 0.5) is 10.1 Å². The highest BCUT2D eigenvalue weighted by Crippen LogP contribution is 2.35. The van der Waals surface area contributed by atoms with Crippen molar-refractivity contribution < 1.29 is 13.7 Å². The summed E-state index contributed by atoms with van der Waals surface area (Å²) in [6, 6.07) is 13.7. The fraction of sp³-hybridized carbons (Fsp3) is 0.333. The fourth-order valence-electron chi connectivity index (χ4n) is 2.91. The van der Waals surface area contributed by atoms with Crippen LogP contribution < -0.4 is 15.0 Å². The van der Waals surface area contributed by atoms with Crippen LogP contribution in [0.3, 0.4) is 0 Å². The molecule has 26 heavy (non-hydrogen) atoms. The van der Waals surface area contributed by atoms with E-state index in [9.17, 15) is 4.39 Å². The van der Waals surface area contributed by atoms with E-state index in [-0.39, 0.29) is 6.04 Å². The number of nitrogens with one attached hydrogen (secondary N) is 1. The number of anilines is 1. The van der Waals surface area contributed by atoms with Crippen molar-refractivity contribution in [1.82, 2.24) is 5.32 Å². The minimum absolute atomic E-state index is 0.282. The van der Waals surface area contributed by atoms with E-state index in [1.807, 2.05) is 24.3 Å². The molecule has 1 aliphatic heterocycles. The molecule has 1 fully saturated rings. The topological polar surface area (TPSA) is 33.7 Å². The molecule has 0 aromatic heterocycles. The Morgan fingerprint density at radius 3 is 2.88 bits per heavy atom. The van der Waals surface area contributed by atoms with E-state index in [0.29, 0.717) is 12.4 Å². The molecule has 0 radical (unpaired) electrons. The first-order valence-electron chi connectivity index (χ1n) is 8.26. The first-order valence-corrected chi connectivity index (χ1v) is 9.92. The van der Waals surface area contributed by atoms with Gasteiger partial charge in [0.15, 0.2) is 0 Å². The van der Waals surface area contributed by atoms with Crippen molar-refractivity contribution >= 4 is 38.5 Å². The van der Waals surface area contributed by atoms with E-state index in [0.717, 1.165) is 40.1 Å². The van der Waals surface area contributed by atoms with E-state index < -0.39 is 6.86 Å². The van der Waals surface area contributed by atoms with Gasteiger partial charge in [-0.05, 0) is 36.4 Å². The van der Waals surface area contributed by atoms with Crippen LogP contribution in [0.25, 0.3) is 0 Å². The molecule has 0 saturated carbocycles. The number of ether oxygens (including phenoxy) is 1. The predicted molar refractivity (Wildman–Crippen MR) is 108 cm³/mol. The van der Waals surface area contributed by atoms with Crippen molar-refractivity contribution in [1.29, 1.82) is 0 Å². The quantitative estimate of drug-likeness (QED) is 0.680. The Labute approximate surface area is 164 Å². The SMILES string of the molecule is FCOc1cccc(Sc2ccc(N3CCNC(COP)C3)c(Cl)c2)c1. The third kappa shape index (κ3) is 5.24. The summed E-state index contributed by atoms with van der Waals surface area (Å²) in [7, 11) is 2.29. The minimum Gasteiger partial charge on any atom is -0.463 e. The number of halogens is 2. The van der Waals surface area contributed by atoms with Crippen molar-refractivity contribution in [3.05, 3.63) is 47.5 Å². The molecule has 1 aliphatic rings. The number of nitrogens with zero attached hydrogens (tertiary/aromatic N) is 1. The van der Waals surface area contributed by atoms with E-state index in [2.05, 4.69) is 31.8 Å². The lowest BCUT2D eigenvalue weighted by Gasteiger charge is -2.35. The lowest BCUT2D eigenvalue weighted by atomic mass is 10.2. The monoisotopic (exact) mass is 414 g/mol. The van der Waals surface area contributed by atoms with Crippen LogP contribution in [0.2, 0.25) is 5.02 Å². The Morgan fingerprint density at radius 1 is 1.27 bits per heavy atom. The molecule has 8 heteroatoms. The van der Waals surface area contributed by atoms with E-state index >= 15 is 0 Å². The first kappa shape index (κ1) is 19.7. The summed E-state index contributed by atoms with van der Waals surface area (Å²) < 4.78 is 22.4. The van der Waals surface area contributed by atoms with Crippen LogP contribution in [0, 0.1) is 0 Å². The second kappa shape index (κ2) is 9.77. The summed E-state index contributed by atoms with van der Waals surface area (Å²) in [6.45, 7) is 2.46. The second-order valence-corrected chi connectivity index (χ2v) is 7.76. The Morgan fingerprint density at radius 2 is 2.12 bits per heavy atom. The summed E-state index contributed by atoms with van der Waals surface area (Å²) in [5, 5.41) is 4.15. The Bertz CT molecular complexity index is 738. The van der Waals surface area contributed by atoms with Crippen molar-refractivity contribution in [2.75, 3.05) is 38.0 Å². The van der Waals surface area contributed by atoms with Gasteiger partial charge >= 0.3 is 0 Å². The molecule has 1 saturated heterocycles. The number of piperazine rings is 1. The molecule has 0 amide bonds. The first-order chi connectivity index (χ1) is 12.7. The zero-order valence-electron chi connectivity index (χ0n) is 14.2. The van der Waals surface area contributed by atoms with Crippen LogP contribution in [0.5, 0.6) is 5.75 Å². The van der Waals surface area contributed by atoms with Crippen molar-refractivity contribution in [3.8, 4) is 5.75 Å². The van der Waals surface area contributed by atoms with Gasteiger partial charge in [-0.15, -0.1) is 0 Å². The van der Waals surface area contributed by atoms with Gasteiger partial charge in [-0.25, -0.2) is 4.39 Å². The molecule has 2 unspecified atom stereocenters. The van der Waals surface area contributed by atoms with E-state index in [1.54, 1.807) is 17.8 Å². The number of benzene rings is 2. The molecule has 3 rings (SSSR count). The van der Waals surface area contributed by atoms with Crippen molar-refractivity contribution in [2.24, 2.45) is 0 Å². The van der Waals surface area contributed by atoms with Gasteiger partial charge in [-0.3, -0.25) is 0 Å². The zero-order chi connectivity index (χ0) is 18.4. The highest BCUT2D eigenvalue weighted by atomic mass is 35.5. The van der Waals surface area contributed by atoms with Crippen LogP contribution in [-0.4, -0.2) is 39.1 Å². The van der Waals surface area contributed by atoms with E-state index in [4.69, 9.17) is 20.9 Å². The lowest BCUT2D eigenvalue weighted by Crippen LogP contribution is -2.52. The number of hydrogen-bond acceptors (Lipinski definition) is 5. The highest BCUT2D eigenvalue weighted by Gasteiger charge is 2.21. The van der Waals surface area contributed by atoms with Crippen LogP contribution in [0.1, 0.15) is 0 Å². The molecule has 0 aliphatic carbocycles. The van der Waals surface area contributed by atoms with Gasteiger partial charge in [0.05, 0.1) is 17.3 Å². The molecule has 1 heterocycles. The highest BCUT2D eigenvalue weighted by molar-refractivity contribution is 7.99. The smallest absolute Gasteiger partial charge is 0.228 e. The normalized spacial score (nSPS) is 17.3. The molecule has 0 spiro atoms. The van der Waals surface area contributed by atoms with Gasteiger partial charge in [-0.2, -0.15) is 0 Å². The van der Waals surface area contributed by atoms with Gasteiger partial charge in [0, 0.05) is 44.9 Å². The van der Waals surface area contributed by atoms with E-state index in [1.165, 1.54) is 0 Å². The van der Waals surface area contributed by atoms with Crippen LogP contribution in [0.15, 0.2) is 52.3 Å². The van der Waals surface area contributed by atoms with Gasteiger partial charge < -0.3 is 19.5 Å². The van der Waals surface area contributed by atoms with Gasteiger partial charge in [-0.1, -0.05) is 29.4 Å². The van der Waals surface area contributed by atoms with Gasteiger partial charge in [0.25, 0.3) is 0 Å². The largest absolute Gasteiger partial charge is 0.463 e. The summed E-state index contributed by atoms with van der Waals surface area (Å²) in [6.07, 6.45) is 0. The van der Waals surface area contributed by atoms with Crippen LogP contribution >= 0.6 is 32.8 Å². The predicted octanol–water partition coefficient (Wildman–Crippen LogP) is 4.38. The molecule has 2 aromatic carbocycles. The molecule has 140 valence electrons. The molecular weight excluding hydrogens is 394 g/mol. The summed E-state index contributed by atoms with van der Waals surface area (Å²) in [5.74, 6) is 0.517. The molecule has 2 atom stereocenters. The summed E-state index contributed by atoms with van der Waals surface area (Å²) >= 11 is 8.11. The van der Waals surface area contributed by atoms with Gasteiger partial charge in [0.2, 0.25) is 6.86 Å². The Kier molecular flexibility index (Phi) is 7.41. The maximum absolute atomic E-state index is 12.3. The molecule has 2 aromatic rings. The average Bonchev–Trinajstić information content (AvgIpc) is 2.63. The third-order valence-electron chi connectivity index (χ3n) is 4.08. The summed E-state index contributed by atoms with van der Waals surface area (Å²) in [4.78, 5) is 4.27. The maximum Gasteiger partial charge on any atom is 0.228 e. The Balaban J connectivity index is 1.70. The fourth-order valence-corrected chi connectivity index (χ4v) is 4.41. The summed E-state index contributed by atoms with van der Waals surface area (Å²) in [5.41, 5.74) is 1.03. The molecule has 4 nitrogen and oxygen atoms in total. The number of rotatable bonds is 7.